The quantitative estimate of drug-likeness (QED) is 0.729. The van der Waals surface area contributed by atoms with E-state index in [-0.39, 0.29) is 11.9 Å². The lowest BCUT2D eigenvalue weighted by Gasteiger charge is -2.34. The largest absolute Gasteiger partial charge is 0.497 e. The monoisotopic (exact) mass is 355 g/mol. The van der Waals surface area contributed by atoms with Crippen LogP contribution in [0.15, 0.2) is 60.9 Å². The topological polar surface area (TPSA) is 76.5 Å². The Bertz CT molecular complexity index is 792. The first kappa shape index (κ1) is 16.9. The summed E-state index contributed by atoms with van der Waals surface area (Å²) in [5.41, 5.74) is 1.47. The molecule has 0 bridgehead atoms. The van der Waals surface area contributed by atoms with E-state index in [4.69, 9.17) is 17.0 Å². The molecule has 128 valence electrons. The smallest absolute Gasteiger partial charge is 0.318 e. The number of anilines is 1. The number of aromatic amines is 1. The number of amides is 1. The molecule has 1 amide bonds. The summed E-state index contributed by atoms with van der Waals surface area (Å²) in [7, 11) is 1.61. The van der Waals surface area contributed by atoms with Gasteiger partial charge >= 0.3 is 5.91 Å². The number of nitrogens with one attached hydrogen (secondary N) is 4. The lowest BCUT2D eigenvalue weighted by molar-refractivity contribution is -0.360. The van der Waals surface area contributed by atoms with Gasteiger partial charge in [-0.1, -0.05) is 24.8 Å². The summed E-state index contributed by atoms with van der Waals surface area (Å²) in [6.07, 6.45) is 1.75. The molecule has 0 spiro atoms. The summed E-state index contributed by atoms with van der Waals surface area (Å²) >= 11 is 5.23. The Morgan fingerprint density at radius 2 is 2.04 bits per heavy atom. The van der Waals surface area contributed by atoms with Crippen LogP contribution in [0.2, 0.25) is 0 Å². The maximum Gasteiger partial charge on any atom is 0.318 e. The number of carbonyl (C=O) groups excluding carboxylic acids is 1. The molecule has 3 rings (SSSR count). The summed E-state index contributed by atoms with van der Waals surface area (Å²) in [6.45, 7) is 3.98. The van der Waals surface area contributed by atoms with Crippen molar-refractivity contribution in [3.05, 3.63) is 66.5 Å². The van der Waals surface area contributed by atoms with Crippen LogP contribution in [0.3, 0.4) is 0 Å². The van der Waals surface area contributed by atoms with E-state index in [1.165, 1.54) is 0 Å². The third-order valence-corrected chi connectivity index (χ3v) is 4.21. The Morgan fingerprint density at radius 3 is 2.68 bits per heavy atom. The lowest BCUT2D eigenvalue weighted by Crippen LogP contribution is -2.51. The van der Waals surface area contributed by atoms with Gasteiger partial charge < -0.3 is 15.4 Å². The number of ether oxygens (including phenoxy) is 1. The third kappa shape index (κ3) is 3.77. The van der Waals surface area contributed by atoms with Gasteiger partial charge in [-0.05, 0) is 36.0 Å². The highest BCUT2D eigenvalue weighted by molar-refractivity contribution is 7.80. The van der Waals surface area contributed by atoms with Gasteiger partial charge in [0.05, 0.1) is 19.3 Å². The molecule has 1 aliphatic rings. The van der Waals surface area contributed by atoms with Crippen LogP contribution in [0.25, 0.3) is 0 Å². The summed E-state index contributed by atoms with van der Waals surface area (Å²) in [5.74, 6) is 0.644. The summed E-state index contributed by atoms with van der Waals surface area (Å²) in [4.78, 5) is 15.8. The molecule has 1 aliphatic heterocycles. The number of benzene rings is 1. The second kappa shape index (κ2) is 7.31. The fourth-order valence-corrected chi connectivity index (χ4v) is 3.02. The molecule has 2 aromatic rings. The van der Waals surface area contributed by atoms with Gasteiger partial charge in [0, 0.05) is 11.8 Å². The number of pyridine rings is 1. The van der Waals surface area contributed by atoms with Gasteiger partial charge in [0.1, 0.15) is 11.7 Å². The van der Waals surface area contributed by atoms with Crippen LogP contribution < -0.4 is 25.7 Å². The minimum Gasteiger partial charge on any atom is -0.497 e. The van der Waals surface area contributed by atoms with Crippen molar-refractivity contribution in [3.63, 3.8) is 0 Å². The first-order valence-electron chi connectivity index (χ1n) is 7.76. The van der Waals surface area contributed by atoms with Crippen LogP contribution in [-0.4, -0.2) is 18.1 Å². The van der Waals surface area contributed by atoms with E-state index < -0.39 is 5.92 Å². The maximum atomic E-state index is 12.9. The van der Waals surface area contributed by atoms with Crippen molar-refractivity contribution in [1.29, 1.82) is 0 Å². The molecule has 2 heterocycles. The fraction of sp³-hybridized carbons (Fsp3) is 0.167. The molecule has 6 nitrogen and oxygen atoms in total. The molecule has 1 aromatic heterocycles. The van der Waals surface area contributed by atoms with Crippen molar-refractivity contribution in [2.75, 3.05) is 12.4 Å². The number of hydrogen-bond acceptors (Lipinski definition) is 3. The molecule has 7 heteroatoms. The number of rotatable bonds is 4. The van der Waals surface area contributed by atoms with E-state index in [2.05, 4.69) is 27.5 Å². The Labute approximate surface area is 151 Å². The molecule has 0 saturated carbocycles. The Morgan fingerprint density at radius 1 is 1.28 bits per heavy atom. The van der Waals surface area contributed by atoms with Crippen LogP contribution in [0.5, 0.6) is 5.75 Å². The average Bonchev–Trinajstić information content (AvgIpc) is 2.62. The van der Waals surface area contributed by atoms with E-state index in [9.17, 15) is 4.79 Å². The van der Waals surface area contributed by atoms with Gasteiger partial charge in [0.2, 0.25) is 0 Å². The fourth-order valence-electron chi connectivity index (χ4n) is 2.76. The molecule has 2 unspecified atom stereocenters. The average molecular weight is 355 g/mol. The van der Waals surface area contributed by atoms with Crippen LogP contribution in [0, 0.1) is 5.92 Å². The van der Waals surface area contributed by atoms with Crippen molar-refractivity contribution in [3.8, 4) is 5.75 Å². The van der Waals surface area contributed by atoms with E-state index in [1.807, 2.05) is 36.4 Å². The second-order valence-corrected chi connectivity index (χ2v) is 6.03. The predicted molar refractivity (Wildman–Crippen MR) is 98.9 cm³/mol. The Balaban J connectivity index is 1.88. The highest BCUT2D eigenvalue weighted by Gasteiger charge is 2.39. The second-order valence-electron chi connectivity index (χ2n) is 5.62. The molecule has 0 radical (unpaired) electrons. The van der Waals surface area contributed by atoms with Gasteiger partial charge in [-0.25, -0.2) is 15.1 Å². The molecule has 1 fully saturated rings. The minimum atomic E-state index is -0.534. The number of carbonyl (C=O) groups is 1. The first-order valence-corrected chi connectivity index (χ1v) is 8.17. The molecule has 25 heavy (non-hydrogen) atoms. The van der Waals surface area contributed by atoms with E-state index >= 15 is 0 Å². The van der Waals surface area contributed by atoms with Gasteiger partial charge in [0.15, 0.2) is 5.11 Å². The summed E-state index contributed by atoms with van der Waals surface area (Å²) < 4.78 is 5.19. The van der Waals surface area contributed by atoms with E-state index in [0.29, 0.717) is 16.6 Å². The van der Waals surface area contributed by atoms with Gasteiger partial charge in [-0.3, -0.25) is 0 Å². The van der Waals surface area contributed by atoms with Crippen molar-refractivity contribution >= 4 is 29.1 Å². The number of thiocarbonyl (C=S) groups is 1. The highest BCUT2D eigenvalue weighted by atomic mass is 32.1. The molecule has 4 N–H and O–H groups in total. The highest BCUT2D eigenvalue weighted by Crippen LogP contribution is 2.31. The van der Waals surface area contributed by atoms with Crippen molar-refractivity contribution in [2.24, 2.45) is 5.92 Å². The number of aromatic nitrogens is 1. The first-order chi connectivity index (χ1) is 12.1. The van der Waals surface area contributed by atoms with Gasteiger partial charge in [0.25, 0.3) is 5.82 Å². The number of H-pyrrole nitrogens is 1. The Kier molecular flexibility index (Phi) is 4.95. The standard InChI is InChI=1S/C18H18N4O2S/c1-11-15(17(23)21-14-5-3-4-10-19-14)16(22-18(25)20-11)12-6-8-13(24-2)9-7-12/h3-10,15-16H,1H2,2H3,(H,19,21,23)(H2,20,22,25)/p+1. The zero-order valence-corrected chi connectivity index (χ0v) is 14.5. The zero-order valence-electron chi connectivity index (χ0n) is 13.7. The molecular weight excluding hydrogens is 336 g/mol. The maximum absolute atomic E-state index is 12.9. The normalized spacial score (nSPS) is 19.6. The molecule has 0 aliphatic carbocycles. The van der Waals surface area contributed by atoms with Crippen LogP contribution >= 0.6 is 12.2 Å². The van der Waals surface area contributed by atoms with Gasteiger partial charge in [-0.15, -0.1) is 0 Å². The Hall–Kier alpha value is -2.93. The molecular formula is C18H19N4O2S+. The number of hydrogen-bond donors (Lipinski definition) is 3. The SMILES string of the molecule is C=C1NC(=S)NC(c2ccc(OC)cc2)C1C(=O)Nc1cccc[nH+]1. The van der Waals surface area contributed by atoms with Gasteiger partial charge in [-0.2, -0.15) is 0 Å². The summed E-state index contributed by atoms with van der Waals surface area (Å²) in [6, 6.07) is 12.7. The van der Waals surface area contributed by atoms with Crippen molar-refractivity contribution in [1.82, 2.24) is 10.6 Å². The van der Waals surface area contributed by atoms with Crippen LogP contribution in [0.4, 0.5) is 5.82 Å². The molecule has 1 saturated heterocycles. The van der Waals surface area contributed by atoms with Crippen molar-refractivity contribution in [2.45, 2.75) is 6.04 Å². The summed E-state index contributed by atoms with van der Waals surface area (Å²) in [5, 5.41) is 9.43. The predicted octanol–water partition coefficient (Wildman–Crippen LogP) is 1.80. The molecule has 1 aromatic carbocycles. The zero-order chi connectivity index (χ0) is 17.8. The van der Waals surface area contributed by atoms with Crippen LogP contribution in [0.1, 0.15) is 11.6 Å². The third-order valence-electron chi connectivity index (χ3n) is 3.99. The van der Waals surface area contributed by atoms with E-state index in [0.717, 1.165) is 11.3 Å². The van der Waals surface area contributed by atoms with E-state index in [1.54, 1.807) is 19.4 Å². The molecule has 2 atom stereocenters. The van der Waals surface area contributed by atoms with Crippen LogP contribution in [-0.2, 0) is 4.79 Å². The minimum absolute atomic E-state index is 0.184. The van der Waals surface area contributed by atoms with Crippen molar-refractivity contribution < 1.29 is 14.5 Å². The number of methoxy groups -OCH3 is 1. The lowest BCUT2D eigenvalue weighted by atomic mass is 9.88.